The summed E-state index contributed by atoms with van der Waals surface area (Å²) in [5, 5.41) is 3.06. The molecule has 98 valence electrons. The number of carbonyl (C=O) groups excluding carboxylic acids is 1. The predicted octanol–water partition coefficient (Wildman–Crippen LogP) is 2.38. The van der Waals surface area contributed by atoms with Crippen LogP contribution in [0.5, 0.6) is 0 Å². The lowest BCUT2D eigenvalue weighted by molar-refractivity contribution is -0.123. The smallest absolute Gasteiger partial charge is 0.241 e. The van der Waals surface area contributed by atoms with Crippen LogP contribution in [0.2, 0.25) is 0 Å². The van der Waals surface area contributed by atoms with Crippen LogP contribution >= 0.6 is 0 Å². The van der Waals surface area contributed by atoms with Crippen molar-refractivity contribution in [2.45, 2.75) is 44.7 Å². The molecule has 3 nitrogen and oxygen atoms in total. The van der Waals surface area contributed by atoms with E-state index in [4.69, 9.17) is 5.73 Å². The number of nitrogens with two attached hydrogens (primary N) is 1. The molecule has 0 radical (unpaired) electrons. The maximum Gasteiger partial charge on any atom is 0.241 e. The van der Waals surface area contributed by atoms with E-state index in [1.165, 1.54) is 25.7 Å². The summed E-state index contributed by atoms with van der Waals surface area (Å²) in [7, 11) is 0. The van der Waals surface area contributed by atoms with Gasteiger partial charge in [-0.1, -0.05) is 43.2 Å². The molecule has 18 heavy (non-hydrogen) atoms. The summed E-state index contributed by atoms with van der Waals surface area (Å²) in [6, 6.07) is 9.19. The van der Waals surface area contributed by atoms with E-state index in [9.17, 15) is 4.79 Å². The van der Waals surface area contributed by atoms with Gasteiger partial charge in [0.25, 0.3) is 0 Å². The number of hydrogen-bond acceptors (Lipinski definition) is 2. The van der Waals surface area contributed by atoms with Crippen molar-refractivity contribution in [2.75, 3.05) is 0 Å². The summed E-state index contributed by atoms with van der Waals surface area (Å²) in [6.07, 6.45) is 5.02. The molecule has 2 rings (SSSR count). The number of carbonyl (C=O) groups is 1. The number of amides is 1. The Balaban J connectivity index is 1.91. The van der Waals surface area contributed by atoms with Gasteiger partial charge in [0.05, 0.1) is 0 Å². The molecule has 0 heterocycles. The summed E-state index contributed by atoms with van der Waals surface area (Å²) in [6.45, 7) is 2.09. The molecule has 1 saturated carbocycles. The van der Waals surface area contributed by atoms with Crippen LogP contribution in [0.15, 0.2) is 30.3 Å². The van der Waals surface area contributed by atoms with Crippen LogP contribution in [-0.4, -0.2) is 11.9 Å². The Morgan fingerprint density at radius 1 is 1.28 bits per heavy atom. The average Bonchev–Trinajstić information content (AvgIpc) is 2.92. The molecule has 1 aromatic rings. The van der Waals surface area contributed by atoms with E-state index >= 15 is 0 Å². The van der Waals surface area contributed by atoms with Crippen molar-refractivity contribution in [3.05, 3.63) is 35.9 Å². The van der Waals surface area contributed by atoms with Crippen LogP contribution in [-0.2, 0) is 4.79 Å². The van der Waals surface area contributed by atoms with Gasteiger partial charge in [0, 0.05) is 6.04 Å². The normalized spacial score (nSPS) is 19.4. The zero-order valence-electron chi connectivity index (χ0n) is 10.9. The molecule has 0 saturated heterocycles. The highest BCUT2D eigenvalue weighted by Crippen LogP contribution is 2.27. The molecule has 0 aliphatic heterocycles. The molecule has 2 atom stereocenters. The van der Waals surface area contributed by atoms with Crippen molar-refractivity contribution in [2.24, 2.45) is 11.7 Å². The molecule has 0 spiro atoms. The van der Waals surface area contributed by atoms with Crippen LogP contribution in [0.1, 0.15) is 44.2 Å². The number of hydrogen-bond donors (Lipinski definition) is 2. The zero-order chi connectivity index (χ0) is 13.0. The molecule has 0 bridgehead atoms. The van der Waals surface area contributed by atoms with E-state index in [0.29, 0.717) is 5.92 Å². The number of nitrogens with one attached hydrogen (secondary N) is 1. The van der Waals surface area contributed by atoms with Crippen LogP contribution in [0.3, 0.4) is 0 Å². The molecule has 1 aliphatic carbocycles. The van der Waals surface area contributed by atoms with Crippen LogP contribution in [0.25, 0.3) is 0 Å². The first-order chi connectivity index (χ1) is 8.68. The Kier molecular flexibility index (Phi) is 4.37. The molecule has 1 aromatic carbocycles. The number of benzene rings is 1. The van der Waals surface area contributed by atoms with Crippen molar-refractivity contribution in [3.8, 4) is 0 Å². The topological polar surface area (TPSA) is 55.1 Å². The number of rotatable bonds is 4. The monoisotopic (exact) mass is 246 g/mol. The van der Waals surface area contributed by atoms with Crippen LogP contribution < -0.4 is 11.1 Å². The highest BCUT2D eigenvalue weighted by atomic mass is 16.2. The second kappa shape index (κ2) is 6.01. The van der Waals surface area contributed by atoms with E-state index in [1.54, 1.807) is 0 Å². The summed E-state index contributed by atoms with van der Waals surface area (Å²) in [5.74, 6) is 0.553. The highest BCUT2D eigenvalue weighted by molar-refractivity contribution is 5.83. The average molecular weight is 246 g/mol. The minimum absolute atomic E-state index is 0.0689. The van der Waals surface area contributed by atoms with Gasteiger partial charge in [-0.2, -0.15) is 0 Å². The van der Waals surface area contributed by atoms with Crippen molar-refractivity contribution in [3.63, 3.8) is 0 Å². The first kappa shape index (κ1) is 13.1. The fraction of sp³-hybridized carbons (Fsp3) is 0.533. The third-order valence-electron chi connectivity index (χ3n) is 3.92. The van der Waals surface area contributed by atoms with Gasteiger partial charge in [-0.15, -0.1) is 0 Å². The molecule has 3 heteroatoms. The Morgan fingerprint density at radius 2 is 1.89 bits per heavy atom. The van der Waals surface area contributed by atoms with Crippen molar-refractivity contribution in [1.82, 2.24) is 5.32 Å². The minimum Gasteiger partial charge on any atom is -0.352 e. The van der Waals surface area contributed by atoms with E-state index in [1.807, 2.05) is 30.3 Å². The van der Waals surface area contributed by atoms with Gasteiger partial charge in [-0.3, -0.25) is 4.79 Å². The lowest BCUT2D eigenvalue weighted by atomic mass is 9.99. The SMILES string of the molecule is CC(NC(=O)C(N)c1ccccc1)C1CCCC1. The first-order valence-electron chi connectivity index (χ1n) is 6.79. The lowest BCUT2D eigenvalue weighted by Gasteiger charge is -2.22. The van der Waals surface area contributed by atoms with Gasteiger partial charge in [-0.05, 0) is 31.2 Å². The van der Waals surface area contributed by atoms with Gasteiger partial charge in [0.15, 0.2) is 0 Å². The Bertz CT molecular complexity index is 385. The van der Waals surface area contributed by atoms with E-state index in [2.05, 4.69) is 12.2 Å². The summed E-state index contributed by atoms with van der Waals surface area (Å²) in [5.41, 5.74) is 6.84. The fourth-order valence-corrected chi connectivity index (χ4v) is 2.70. The second-order valence-electron chi connectivity index (χ2n) is 5.23. The molecule has 3 N–H and O–H groups in total. The van der Waals surface area contributed by atoms with Crippen LogP contribution in [0, 0.1) is 5.92 Å². The maximum atomic E-state index is 12.1. The van der Waals surface area contributed by atoms with Crippen molar-refractivity contribution < 1.29 is 4.79 Å². The Labute approximate surface area is 109 Å². The molecule has 1 amide bonds. The quantitative estimate of drug-likeness (QED) is 0.857. The molecule has 1 fully saturated rings. The van der Waals surface area contributed by atoms with E-state index in [0.717, 1.165) is 5.56 Å². The van der Waals surface area contributed by atoms with E-state index in [-0.39, 0.29) is 11.9 Å². The lowest BCUT2D eigenvalue weighted by Crippen LogP contribution is -2.42. The molecule has 2 unspecified atom stereocenters. The summed E-state index contributed by atoms with van der Waals surface area (Å²) >= 11 is 0. The highest BCUT2D eigenvalue weighted by Gasteiger charge is 2.24. The van der Waals surface area contributed by atoms with Crippen molar-refractivity contribution >= 4 is 5.91 Å². The van der Waals surface area contributed by atoms with Gasteiger partial charge in [0.2, 0.25) is 5.91 Å². The second-order valence-corrected chi connectivity index (χ2v) is 5.23. The van der Waals surface area contributed by atoms with Gasteiger partial charge < -0.3 is 11.1 Å². The summed E-state index contributed by atoms with van der Waals surface area (Å²) < 4.78 is 0. The minimum atomic E-state index is -0.560. The van der Waals surface area contributed by atoms with E-state index < -0.39 is 6.04 Å². The first-order valence-corrected chi connectivity index (χ1v) is 6.79. The summed E-state index contributed by atoms with van der Waals surface area (Å²) in [4.78, 5) is 12.1. The third kappa shape index (κ3) is 3.10. The van der Waals surface area contributed by atoms with Crippen molar-refractivity contribution in [1.29, 1.82) is 0 Å². The Morgan fingerprint density at radius 3 is 2.50 bits per heavy atom. The predicted molar refractivity (Wildman–Crippen MR) is 72.9 cm³/mol. The van der Waals surface area contributed by atoms with Crippen LogP contribution in [0.4, 0.5) is 0 Å². The standard InChI is InChI=1S/C15H22N2O/c1-11(12-7-5-6-8-12)17-15(18)14(16)13-9-3-2-4-10-13/h2-4,9-12,14H,5-8,16H2,1H3,(H,17,18). The van der Waals surface area contributed by atoms with Gasteiger partial charge >= 0.3 is 0 Å². The fourth-order valence-electron chi connectivity index (χ4n) is 2.70. The zero-order valence-corrected chi connectivity index (χ0v) is 10.9. The van der Waals surface area contributed by atoms with Gasteiger partial charge in [0.1, 0.15) is 6.04 Å². The van der Waals surface area contributed by atoms with Gasteiger partial charge in [-0.25, -0.2) is 0 Å². The molecule has 1 aliphatic rings. The maximum absolute atomic E-state index is 12.1. The molecule has 0 aromatic heterocycles. The Hall–Kier alpha value is -1.35. The third-order valence-corrected chi connectivity index (χ3v) is 3.92. The molecular formula is C15H22N2O. The molecular weight excluding hydrogens is 224 g/mol. The largest absolute Gasteiger partial charge is 0.352 e.